The first kappa shape index (κ1) is 13.6. The van der Waals surface area contributed by atoms with Gasteiger partial charge in [-0.15, -0.1) is 5.10 Å². The molecular weight excluding hydrogens is 292 g/mol. The maximum absolute atomic E-state index is 12.5. The number of anilines is 1. The molecule has 108 valence electrons. The van der Waals surface area contributed by atoms with Crippen molar-refractivity contribution < 1.29 is 0 Å². The molecule has 0 saturated carbocycles. The average molecular weight is 305 g/mol. The normalized spacial score (nSPS) is 11.1. The molecule has 3 N–H and O–H groups in total. The van der Waals surface area contributed by atoms with E-state index in [0.717, 1.165) is 5.56 Å². The van der Waals surface area contributed by atoms with Gasteiger partial charge < -0.3 is 5.73 Å². The van der Waals surface area contributed by atoms with E-state index in [2.05, 4.69) is 20.2 Å². The van der Waals surface area contributed by atoms with Crippen molar-refractivity contribution in [2.75, 3.05) is 5.73 Å². The van der Waals surface area contributed by atoms with Gasteiger partial charge >= 0.3 is 0 Å². The van der Waals surface area contributed by atoms with Crippen molar-refractivity contribution in [3.8, 4) is 0 Å². The predicted octanol–water partition coefficient (Wildman–Crippen LogP) is 1.30. The molecule has 7 nitrogen and oxygen atoms in total. The highest BCUT2D eigenvalue weighted by Crippen LogP contribution is 2.19. The van der Waals surface area contributed by atoms with Crippen molar-refractivity contribution in [3.63, 3.8) is 0 Å². The lowest BCUT2D eigenvalue weighted by molar-refractivity contribution is 0.644. The van der Waals surface area contributed by atoms with Crippen molar-refractivity contribution in [2.24, 2.45) is 0 Å². The summed E-state index contributed by atoms with van der Waals surface area (Å²) in [5, 5.41) is 7.49. The van der Waals surface area contributed by atoms with Crippen molar-refractivity contribution >= 4 is 28.5 Å². The molecule has 0 radical (unpaired) electrons. The number of halogens is 1. The van der Waals surface area contributed by atoms with Crippen LogP contribution in [0.4, 0.5) is 5.95 Å². The molecule has 3 rings (SSSR count). The molecule has 0 bridgehead atoms. The molecule has 0 aliphatic rings. The van der Waals surface area contributed by atoms with Crippen LogP contribution in [-0.4, -0.2) is 24.7 Å². The second-order valence-electron chi connectivity index (χ2n) is 4.75. The average Bonchev–Trinajstić information content (AvgIpc) is 2.84. The number of aromatic nitrogens is 5. The van der Waals surface area contributed by atoms with Gasteiger partial charge in [0, 0.05) is 18.0 Å². The van der Waals surface area contributed by atoms with Crippen molar-refractivity contribution in [3.05, 3.63) is 45.2 Å². The van der Waals surface area contributed by atoms with E-state index in [4.69, 9.17) is 17.3 Å². The SMILES string of the molecule is Cc1cc(Cl)cc2c(=O)n(CCc3nc(N)n[nH]3)cnc12. The molecule has 0 saturated heterocycles. The van der Waals surface area contributed by atoms with Crippen LogP contribution in [0.15, 0.2) is 23.3 Å². The Hall–Kier alpha value is -2.41. The molecule has 0 atom stereocenters. The molecule has 0 aliphatic carbocycles. The van der Waals surface area contributed by atoms with Crippen LogP contribution < -0.4 is 11.3 Å². The molecule has 2 aromatic heterocycles. The van der Waals surface area contributed by atoms with E-state index in [1.54, 1.807) is 12.1 Å². The Labute approximate surface area is 124 Å². The number of rotatable bonds is 3. The zero-order valence-corrected chi connectivity index (χ0v) is 12.1. The highest BCUT2D eigenvalue weighted by molar-refractivity contribution is 6.31. The minimum Gasteiger partial charge on any atom is -0.367 e. The summed E-state index contributed by atoms with van der Waals surface area (Å²) in [6.45, 7) is 2.31. The van der Waals surface area contributed by atoms with Gasteiger partial charge in [0.05, 0.1) is 17.2 Å². The number of hydrogen-bond acceptors (Lipinski definition) is 5. The molecule has 0 amide bonds. The third kappa shape index (κ3) is 2.59. The lowest BCUT2D eigenvalue weighted by Crippen LogP contribution is -2.22. The zero-order chi connectivity index (χ0) is 15.0. The number of nitrogen functional groups attached to an aromatic ring is 1. The van der Waals surface area contributed by atoms with E-state index >= 15 is 0 Å². The number of fused-ring (bicyclic) bond motifs is 1. The Bertz CT molecular complexity index is 869. The van der Waals surface area contributed by atoms with Gasteiger partial charge in [-0.1, -0.05) is 11.6 Å². The van der Waals surface area contributed by atoms with Gasteiger partial charge in [0.15, 0.2) is 0 Å². The quantitative estimate of drug-likeness (QED) is 0.759. The summed E-state index contributed by atoms with van der Waals surface area (Å²) in [4.78, 5) is 20.8. The largest absolute Gasteiger partial charge is 0.367 e. The number of H-pyrrole nitrogens is 1. The smallest absolute Gasteiger partial charge is 0.261 e. The highest BCUT2D eigenvalue weighted by Gasteiger charge is 2.08. The fraction of sp³-hybridized carbons (Fsp3) is 0.231. The fourth-order valence-corrected chi connectivity index (χ4v) is 2.48. The van der Waals surface area contributed by atoms with Crippen molar-refractivity contribution in [1.82, 2.24) is 24.7 Å². The van der Waals surface area contributed by atoms with E-state index in [1.165, 1.54) is 10.9 Å². The summed E-state index contributed by atoms with van der Waals surface area (Å²) < 4.78 is 1.52. The Morgan fingerprint density at radius 3 is 2.95 bits per heavy atom. The molecular formula is C13H13ClN6O. The summed E-state index contributed by atoms with van der Waals surface area (Å²) in [5.74, 6) is 0.818. The summed E-state index contributed by atoms with van der Waals surface area (Å²) in [6.07, 6.45) is 2.04. The van der Waals surface area contributed by atoms with Crippen LogP contribution in [0.1, 0.15) is 11.4 Å². The summed E-state index contributed by atoms with van der Waals surface area (Å²) >= 11 is 6.01. The Morgan fingerprint density at radius 1 is 1.43 bits per heavy atom. The number of aromatic amines is 1. The third-order valence-corrected chi connectivity index (χ3v) is 3.44. The number of hydrogen-bond donors (Lipinski definition) is 2. The monoisotopic (exact) mass is 304 g/mol. The molecule has 8 heteroatoms. The Balaban J connectivity index is 1.96. The highest BCUT2D eigenvalue weighted by atomic mass is 35.5. The first-order valence-electron chi connectivity index (χ1n) is 6.36. The molecule has 3 aromatic rings. The van der Waals surface area contributed by atoms with Gasteiger partial charge in [0.25, 0.3) is 5.56 Å². The summed E-state index contributed by atoms with van der Waals surface area (Å²) in [7, 11) is 0. The lowest BCUT2D eigenvalue weighted by Gasteiger charge is -2.07. The van der Waals surface area contributed by atoms with Gasteiger partial charge in [0.2, 0.25) is 5.95 Å². The van der Waals surface area contributed by atoms with Crippen LogP contribution in [0.5, 0.6) is 0 Å². The number of nitrogens with two attached hydrogens (primary N) is 1. The van der Waals surface area contributed by atoms with Crippen LogP contribution >= 0.6 is 11.6 Å². The minimum atomic E-state index is -0.127. The number of aryl methyl sites for hydroxylation is 3. The molecule has 0 spiro atoms. The van der Waals surface area contributed by atoms with E-state index in [1.807, 2.05) is 6.92 Å². The van der Waals surface area contributed by atoms with Gasteiger partial charge in [-0.05, 0) is 24.6 Å². The van der Waals surface area contributed by atoms with E-state index in [-0.39, 0.29) is 11.5 Å². The second kappa shape index (κ2) is 5.17. The molecule has 0 unspecified atom stereocenters. The lowest BCUT2D eigenvalue weighted by atomic mass is 10.1. The molecule has 2 heterocycles. The predicted molar refractivity (Wildman–Crippen MR) is 80.2 cm³/mol. The van der Waals surface area contributed by atoms with E-state index in [0.29, 0.717) is 34.7 Å². The number of nitrogens with zero attached hydrogens (tertiary/aromatic N) is 4. The molecule has 21 heavy (non-hydrogen) atoms. The first-order chi connectivity index (χ1) is 10.0. The maximum atomic E-state index is 12.5. The maximum Gasteiger partial charge on any atom is 0.261 e. The van der Waals surface area contributed by atoms with Crippen LogP contribution in [0.25, 0.3) is 10.9 Å². The first-order valence-corrected chi connectivity index (χ1v) is 6.74. The van der Waals surface area contributed by atoms with Crippen LogP contribution in [0.2, 0.25) is 5.02 Å². The second-order valence-corrected chi connectivity index (χ2v) is 5.19. The molecule has 0 aliphatic heterocycles. The van der Waals surface area contributed by atoms with Gasteiger partial charge in [-0.2, -0.15) is 4.98 Å². The van der Waals surface area contributed by atoms with Gasteiger partial charge in [-0.25, -0.2) is 4.98 Å². The van der Waals surface area contributed by atoms with Crippen molar-refractivity contribution in [2.45, 2.75) is 19.9 Å². The van der Waals surface area contributed by atoms with Crippen molar-refractivity contribution in [1.29, 1.82) is 0 Å². The number of benzene rings is 1. The summed E-state index contributed by atoms with van der Waals surface area (Å²) in [5.41, 5.74) is 6.86. The van der Waals surface area contributed by atoms with Crippen LogP contribution in [0.3, 0.4) is 0 Å². The standard InChI is InChI=1S/C13H13ClN6O/c1-7-4-8(14)5-9-11(7)16-6-20(12(9)21)3-2-10-17-13(15)19-18-10/h4-6H,2-3H2,1H3,(H3,15,17,18,19). The molecule has 0 fully saturated rings. The number of nitrogens with one attached hydrogen (secondary N) is 1. The molecule has 1 aromatic carbocycles. The fourth-order valence-electron chi connectivity index (χ4n) is 2.21. The minimum absolute atomic E-state index is 0.127. The van der Waals surface area contributed by atoms with Crippen LogP contribution in [-0.2, 0) is 13.0 Å². The Kier molecular flexibility index (Phi) is 3.34. The van der Waals surface area contributed by atoms with Gasteiger partial charge in [-0.3, -0.25) is 14.5 Å². The van der Waals surface area contributed by atoms with E-state index < -0.39 is 0 Å². The van der Waals surface area contributed by atoms with E-state index in [9.17, 15) is 4.79 Å². The van der Waals surface area contributed by atoms with Gasteiger partial charge in [0.1, 0.15) is 5.82 Å². The third-order valence-electron chi connectivity index (χ3n) is 3.22. The van der Waals surface area contributed by atoms with Crippen LogP contribution in [0, 0.1) is 6.92 Å². The topological polar surface area (TPSA) is 102 Å². The Morgan fingerprint density at radius 2 is 2.24 bits per heavy atom. The zero-order valence-electron chi connectivity index (χ0n) is 11.3. The summed E-state index contributed by atoms with van der Waals surface area (Å²) in [6, 6.07) is 3.43.